The molecule has 1 saturated heterocycles. The van der Waals surface area contributed by atoms with E-state index in [1.807, 2.05) is 6.92 Å². The summed E-state index contributed by atoms with van der Waals surface area (Å²) in [6.07, 6.45) is 0. The number of aliphatic imine (C=N–C) groups is 1. The molecule has 8 heteroatoms. The van der Waals surface area contributed by atoms with Gasteiger partial charge in [-0.25, -0.2) is 4.99 Å². The largest absolute Gasteiger partial charge is 0.379 e. The van der Waals surface area contributed by atoms with E-state index in [2.05, 4.69) is 60.6 Å². The molecule has 1 aliphatic rings. The van der Waals surface area contributed by atoms with E-state index < -0.39 is 0 Å². The molecule has 1 aromatic rings. The summed E-state index contributed by atoms with van der Waals surface area (Å²) in [6, 6.07) is 8.90. The highest BCUT2D eigenvalue weighted by Gasteiger charge is 2.23. The van der Waals surface area contributed by atoms with Gasteiger partial charge in [-0.3, -0.25) is 4.90 Å². The summed E-state index contributed by atoms with van der Waals surface area (Å²) in [4.78, 5) is 7.34. The Bertz CT molecular complexity index is 639. The predicted octanol–water partition coefficient (Wildman–Crippen LogP) is 3.27. The first-order chi connectivity index (χ1) is 15.1. The fourth-order valence-electron chi connectivity index (χ4n) is 3.68. The van der Waals surface area contributed by atoms with E-state index in [0.717, 1.165) is 57.5 Å². The topological polar surface area (TPSA) is 67.4 Å². The van der Waals surface area contributed by atoms with Crippen LogP contribution in [0.4, 0.5) is 0 Å². The number of nitrogens with one attached hydrogen (secondary N) is 2. The summed E-state index contributed by atoms with van der Waals surface area (Å²) in [5.41, 5.74) is 2.34. The summed E-state index contributed by atoms with van der Waals surface area (Å²) < 4.78 is 16.5. The standard InChI is InChI=1S/C24H42N4O3.HI/c1-5-25-24(27-18-23(20(3)4)28-10-12-30-13-11-28)26-17-21-8-7-9-22(16-21)19-31-15-14-29-6-2;/h7-9,16,20,23H,5-6,10-15,17-19H2,1-4H3,(H2,25,26,27);1H. The minimum absolute atomic E-state index is 0. The molecule has 1 atom stereocenters. The summed E-state index contributed by atoms with van der Waals surface area (Å²) in [6.45, 7) is 17.2. The van der Waals surface area contributed by atoms with Crippen LogP contribution in [0.3, 0.4) is 0 Å². The zero-order valence-corrected chi connectivity index (χ0v) is 22.6. The molecular formula is C24H43IN4O3. The average molecular weight is 563 g/mol. The van der Waals surface area contributed by atoms with Gasteiger partial charge in [0.25, 0.3) is 0 Å². The zero-order valence-electron chi connectivity index (χ0n) is 20.3. The molecule has 32 heavy (non-hydrogen) atoms. The number of rotatable bonds is 13. The molecule has 0 bridgehead atoms. The Balaban J connectivity index is 0.00000512. The second-order valence-corrected chi connectivity index (χ2v) is 8.11. The van der Waals surface area contributed by atoms with Gasteiger partial charge in [0.05, 0.1) is 39.6 Å². The third kappa shape index (κ3) is 11.3. The van der Waals surface area contributed by atoms with E-state index in [1.54, 1.807) is 0 Å². The van der Waals surface area contributed by atoms with Crippen LogP contribution < -0.4 is 10.6 Å². The van der Waals surface area contributed by atoms with Crippen LogP contribution in [0, 0.1) is 5.92 Å². The molecule has 0 aliphatic carbocycles. The molecule has 2 N–H and O–H groups in total. The lowest BCUT2D eigenvalue weighted by molar-refractivity contribution is 0.00752. The molecule has 0 amide bonds. The molecule has 1 fully saturated rings. The van der Waals surface area contributed by atoms with Crippen molar-refractivity contribution in [2.24, 2.45) is 10.9 Å². The van der Waals surface area contributed by atoms with Gasteiger partial charge in [0.15, 0.2) is 5.96 Å². The van der Waals surface area contributed by atoms with Gasteiger partial charge in [-0.15, -0.1) is 24.0 Å². The van der Waals surface area contributed by atoms with E-state index >= 15 is 0 Å². The third-order valence-electron chi connectivity index (χ3n) is 5.36. The quantitative estimate of drug-likeness (QED) is 0.167. The lowest BCUT2D eigenvalue weighted by Gasteiger charge is -2.37. The Morgan fingerprint density at radius 3 is 2.50 bits per heavy atom. The molecule has 1 unspecified atom stereocenters. The SMILES string of the molecule is CCNC(=NCc1cccc(COCCOCC)c1)NCC(C(C)C)N1CCOCC1.I. The number of guanidine groups is 1. The van der Waals surface area contributed by atoms with Gasteiger partial charge in [-0.05, 0) is 30.9 Å². The summed E-state index contributed by atoms with van der Waals surface area (Å²) in [7, 11) is 0. The van der Waals surface area contributed by atoms with Crippen molar-refractivity contribution in [3.63, 3.8) is 0 Å². The van der Waals surface area contributed by atoms with E-state index in [1.165, 1.54) is 5.56 Å². The van der Waals surface area contributed by atoms with E-state index in [-0.39, 0.29) is 24.0 Å². The Morgan fingerprint density at radius 2 is 1.81 bits per heavy atom. The van der Waals surface area contributed by atoms with Crippen molar-refractivity contribution in [3.05, 3.63) is 35.4 Å². The van der Waals surface area contributed by atoms with Crippen molar-refractivity contribution >= 4 is 29.9 Å². The molecule has 0 radical (unpaired) electrons. The van der Waals surface area contributed by atoms with Crippen LogP contribution in [0.15, 0.2) is 29.3 Å². The molecule has 1 heterocycles. The van der Waals surface area contributed by atoms with Crippen molar-refractivity contribution in [1.82, 2.24) is 15.5 Å². The average Bonchev–Trinajstić information content (AvgIpc) is 2.78. The summed E-state index contributed by atoms with van der Waals surface area (Å²) in [5, 5.41) is 6.93. The van der Waals surface area contributed by atoms with E-state index in [9.17, 15) is 0 Å². The Labute approximate surface area is 211 Å². The minimum atomic E-state index is 0. The molecule has 1 aromatic carbocycles. The number of halogens is 1. The van der Waals surface area contributed by atoms with Crippen LogP contribution in [0.25, 0.3) is 0 Å². The number of benzene rings is 1. The first kappa shape index (κ1) is 29.1. The minimum Gasteiger partial charge on any atom is -0.379 e. The zero-order chi connectivity index (χ0) is 22.3. The summed E-state index contributed by atoms with van der Waals surface area (Å²) in [5.74, 6) is 1.42. The number of morpholine rings is 1. The highest BCUT2D eigenvalue weighted by molar-refractivity contribution is 14.0. The van der Waals surface area contributed by atoms with Gasteiger partial charge >= 0.3 is 0 Å². The van der Waals surface area contributed by atoms with Gasteiger partial charge in [0, 0.05) is 38.8 Å². The highest BCUT2D eigenvalue weighted by atomic mass is 127. The predicted molar refractivity (Wildman–Crippen MR) is 142 cm³/mol. The lowest BCUT2D eigenvalue weighted by atomic mass is 10.0. The molecular weight excluding hydrogens is 519 g/mol. The normalized spacial score (nSPS) is 16.0. The maximum Gasteiger partial charge on any atom is 0.191 e. The van der Waals surface area contributed by atoms with Crippen LogP contribution in [-0.2, 0) is 27.4 Å². The molecule has 0 saturated carbocycles. The van der Waals surface area contributed by atoms with Crippen LogP contribution in [-0.4, -0.2) is 76.1 Å². The fraction of sp³-hybridized carbons (Fsp3) is 0.708. The number of hydrogen-bond donors (Lipinski definition) is 2. The Morgan fingerprint density at radius 1 is 1.09 bits per heavy atom. The van der Waals surface area contributed by atoms with Crippen molar-refractivity contribution in [3.8, 4) is 0 Å². The van der Waals surface area contributed by atoms with Crippen molar-refractivity contribution in [2.45, 2.75) is 46.9 Å². The maximum absolute atomic E-state index is 5.69. The van der Waals surface area contributed by atoms with Gasteiger partial charge in [0.2, 0.25) is 0 Å². The third-order valence-corrected chi connectivity index (χ3v) is 5.36. The maximum atomic E-state index is 5.69. The number of hydrogen-bond acceptors (Lipinski definition) is 5. The van der Waals surface area contributed by atoms with Gasteiger partial charge in [-0.1, -0.05) is 38.1 Å². The van der Waals surface area contributed by atoms with Crippen LogP contribution >= 0.6 is 24.0 Å². The smallest absolute Gasteiger partial charge is 0.191 e. The molecule has 0 aromatic heterocycles. The van der Waals surface area contributed by atoms with Gasteiger partial charge in [-0.2, -0.15) is 0 Å². The van der Waals surface area contributed by atoms with Crippen LogP contribution in [0.2, 0.25) is 0 Å². The first-order valence-corrected chi connectivity index (χ1v) is 11.7. The van der Waals surface area contributed by atoms with E-state index in [0.29, 0.717) is 38.3 Å². The van der Waals surface area contributed by atoms with E-state index in [4.69, 9.17) is 19.2 Å². The molecule has 1 aliphatic heterocycles. The molecule has 2 rings (SSSR count). The van der Waals surface area contributed by atoms with Gasteiger partial charge < -0.3 is 24.8 Å². The molecule has 7 nitrogen and oxygen atoms in total. The van der Waals surface area contributed by atoms with Gasteiger partial charge in [0.1, 0.15) is 0 Å². The lowest BCUT2D eigenvalue weighted by Crippen LogP contribution is -2.52. The van der Waals surface area contributed by atoms with Crippen molar-refractivity contribution in [2.75, 3.05) is 59.2 Å². The second kappa shape index (κ2) is 17.5. The molecule has 184 valence electrons. The van der Waals surface area contributed by atoms with Crippen molar-refractivity contribution in [1.29, 1.82) is 0 Å². The highest BCUT2D eigenvalue weighted by Crippen LogP contribution is 2.12. The van der Waals surface area contributed by atoms with Crippen LogP contribution in [0.5, 0.6) is 0 Å². The van der Waals surface area contributed by atoms with Crippen molar-refractivity contribution < 1.29 is 14.2 Å². The number of ether oxygens (including phenoxy) is 3. The monoisotopic (exact) mass is 562 g/mol. The molecule has 0 spiro atoms. The second-order valence-electron chi connectivity index (χ2n) is 8.11. The summed E-state index contributed by atoms with van der Waals surface area (Å²) >= 11 is 0. The Hall–Kier alpha value is -0.940. The van der Waals surface area contributed by atoms with Crippen LogP contribution in [0.1, 0.15) is 38.8 Å². The fourth-order valence-corrected chi connectivity index (χ4v) is 3.68. The number of nitrogens with zero attached hydrogens (tertiary/aromatic N) is 2. The Kier molecular flexibility index (Phi) is 15.9. The first-order valence-electron chi connectivity index (χ1n) is 11.7.